The Hall–Kier alpha value is -2.78. The van der Waals surface area contributed by atoms with Gasteiger partial charge in [0.1, 0.15) is 11.5 Å². The molecule has 0 aliphatic carbocycles. The molecule has 3 aromatic rings. The van der Waals surface area contributed by atoms with Crippen molar-refractivity contribution < 1.29 is 10.2 Å². The Morgan fingerprint density at radius 3 is 1.73 bits per heavy atom. The largest absolute Gasteiger partial charge is 0.508 e. The molecule has 26 heavy (non-hydrogen) atoms. The monoisotopic (exact) mass is 347 g/mol. The van der Waals surface area contributed by atoms with Gasteiger partial charge in [-0.15, -0.1) is 0 Å². The minimum Gasteiger partial charge on any atom is -0.508 e. The van der Waals surface area contributed by atoms with Crippen molar-refractivity contribution in [2.24, 2.45) is 0 Å². The normalized spacial score (nSPS) is 12.2. The van der Waals surface area contributed by atoms with Crippen LogP contribution in [-0.2, 0) is 6.54 Å². The first kappa shape index (κ1) is 18.0. The Balaban J connectivity index is 1.74. The molecule has 3 nitrogen and oxygen atoms in total. The second kappa shape index (κ2) is 8.54. The third-order valence-electron chi connectivity index (χ3n) is 4.68. The SMILES string of the molecule is C[C@H](CC(c1ccc(O)cc1)c1ccc(O)cc1)NCc1ccccc1. The highest BCUT2D eigenvalue weighted by molar-refractivity contribution is 5.37. The number of hydrogen-bond donors (Lipinski definition) is 3. The summed E-state index contributed by atoms with van der Waals surface area (Å²) < 4.78 is 0. The number of phenolic OH excluding ortho intramolecular Hbond substituents is 2. The molecule has 134 valence electrons. The fraction of sp³-hybridized carbons (Fsp3) is 0.217. The lowest BCUT2D eigenvalue weighted by molar-refractivity contribution is 0.471. The molecular formula is C23H25NO2. The molecule has 0 saturated carbocycles. The van der Waals surface area contributed by atoms with Crippen LogP contribution in [0.1, 0.15) is 36.0 Å². The van der Waals surface area contributed by atoms with E-state index < -0.39 is 0 Å². The number of phenols is 2. The molecule has 0 bridgehead atoms. The molecule has 3 aromatic carbocycles. The van der Waals surface area contributed by atoms with Crippen LogP contribution >= 0.6 is 0 Å². The van der Waals surface area contributed by atoms with Crippen molar-refractivity contribution in [3.05, 3.63) is 95.6 Å². The average molecular weight is 347 g/mol. The van der Waals surface area contributed by atoms with Crippen molar-refractivity contribution in [2.75, 3.05) is 0 Å². The summed E-state index contributed by atoms with van der Waals surface area (Å²) in [6.07, 6.45) is 0.919. The van der Waals surface area contributed by atoms with Gasteiger partial charge in [0.15, 0.2) is 0 Å². The fourth-order valence-corrected chi connectivity index (χ4v) is 3.20. The highest BCUT2D eigenvalue weighted by atomic mass is 16.3. The molecule has 3 heteroatoms. The molecule has 0 aliphatic rings. The van der Waals surface area contributed by atoms with Crippen LogP contribution in [0.15, 0.2) is 78.9 Å². The first-order chi connectivity index (χ1) is 12.6. The van der Waals surface area contributed by atoms with Crippen molar-refractivity contribution in [1.82, 2.24) is 5.32 Å². The molecule has 0 unspecified atom stereocenters. The van der Waals surface area contributed by atoms with Gasteiger partial charge in [0.05, 0.1) is 0 Å². The molecular weight excluding hydrogens is 322 g/mol. The number of nitrogens with one attached hydrogen (secondary N) is 1. The fourth-order valence-electron chi connectivity index (χ4n) is 3.20. The highest BCUT2D eigenvalue weighted by Crippen LogP contribution is 2.31. The molecule has 0 aromatic heterocycles. The molecule has 0 heterocycles. The van der Waals surface area contributed by atoms with Gasteiger partial charge in [-0.1, -0.05) is 54.6 Å². The van der Waals surface area contributed by atoms with Gasteiger partial charge >= 0.3 is 0 Å². The maximum Gasteiger partial charge on any atom is 0.115 e. The van der Waals surface area contributed by atoms with E-state index in [1.807, 2.05) is 30.3 Å². The summed E-state index contributed by atoms with van der Waals surface area (Å²) in [6, 6.07) is 25.5. The van der Waals surface area contributed by atoms with Crippen LogP contribution in [-0.4, -0.2) is 16.3 Å². The zero-order chi connectivity index (χ0) is 18.4. The second-order valence-electron chi connectivity index (χ2n) is 6.74. The molecule has 0 amide bonds. The highest BCUT2D eigenvalue weighted by Gasteiger charge is 2.18. The van der Waals surface area contributed by atoms with Gasteiger partial charge in [0, 0.05) is 18.5 Å². The molecule has 3 N–H and O–H groups in total. The lowest BCUT2D eigenvalue weighted by Crippen LogP contribution is -2.27. The zero-order valence-electron chi connectivity index (χ0n) is 15.0. The Bertz CT molecular complexity index is 752. The molecule has 0 fully saturated rings. The Morgan fingerprint density at radius 2 is 1.23 bits per heavy atom. The molecule has 0 radical (unpaired) electrons. The molecule has 1 atom stereocenters. The van der Waals surface area contributed by atoms with Gasteiger partial charge in [-0.25, -0.2) is 0 Å². The van der Waals surface area contributed by atoms with E-state index in [-0.39, 0.29) is 17.4 Å². The summed E-state index contributed by atoms with van der Waals surface area (Å²) in [4.78, 5) is 0. The first-order valence-electron chi connectivity index (χ1n) is 8.97. The van der Waals surface area contributed by atoms with Crippen molar-refractivity contribution in [1.29, 1.82) is 0 Å². The van der Waals surface area contributed by atoms with Crippen molar-refractivity contribution in [2.45, 2.75) is 31.8 Å². The van der Waals surface area contributed by atoms with Crippen molar-refractivity contribution in [3.8, 4) is 11.5 Å². The summed E-state index contributed by atoms with van der Waals surface area (Å²) in [5.41, 5.74) is 3.58. The zero-order valence-corrected chi connectivity index (χ0v) is 15.0. The summed E-state index contributed by atoms with van der Waals surface area (Å²) in [7, 11) is 0. The maximum absolute atomic E-state index is 9.59. The Kier molecular flexibility index (Phi) is 5.92. The van der Waals surface area contributed by atoms with Crippen molar-refractivity contribution >= 4 is 0 Å². The predicted octanol–water partition coefficient (Wildman–Crippen LogP) is 4.80. The molecule has 0 saturated heterocycles. The topological polar surface area (TPSA) is 52.5 Å². The van der Waals surface area contributed by atoms with Crippen LogP contribution in [0.4, 0.5) is 0 Å². The van der Waals surface area contributed by atoms with Crippen LogP contribution in [0, 0.1) is 0 Å². The van der Waals surface area contributed by atoms with E-state index in [0.29, 0.717) is 6.04 Å². The lowest BCUT2D eigenvalue weighted by Gasteiger charge is -2.23. The minimum absolute atomic E-state index is 0.189. The van der Waals surface area contributed by atoms with Gasteiger partial charge in [-0.3, -0.25) is 0 Å². The first-order valence-corrected chi connectivity index (χ1v) is 8.97. The third kappa shape index (κ3) is 4.87. The van der Waals surface area contributed by atoms with E-state index in [2.05, 4.69) is 36.5 Å². The van der Waals surface area contributed by atoms with Gasteiger partial charge in [0.25, 0.3) is 0 Å². The molecule has 0 spiro atoms. The maximum atomic E-state index is 9.59. The standard InChI is InChI=1S/C23H25NO2/c1-17(24-16-18-5-3-2-4-6-18)15-23(19-7-11-21(25)12-8-19)20-9-13-22(26)14-10-20/h2-14,17,23-26H,15-16H2,1H3/t17-/m1/s1. The Labute approximate surface area is 155 Å². The van der Waals surface area contributed by atoms with E-state index in [1.165, 1.54) is 5.56 Å². The number of benzene rings is 3. The number of aromatic hydroxyl groups is 2. The van der Waals surface area contributed by atoms with Crippen molar-refractivity contribution in [3.63, 3.8) is 0 Å². The molecule has 0 aliphatic heterocycles. The third-order valence-corrected chi connectivity index (χ3v) is 4.68. The van der Waals surface area contributed by atoms with E-state index >= 15 is 0 Å². The molecule has 3 rings (SSSR count). The summed E-state index contributed by atoms with van der Waals surface area (Å²) >= 11 is 0. The average Bonchev–Trinajstić information content (AvgIpc) is 2.67. The van der Waals surface area contributed by atoms with Gasteiger partial charge in [-0.05, 0) is 54.3 Å². The predicted molar refractivity (Wildman–Crippen MR) is 105 cm³/mol. The van der Waals surface area contributed by atoms with Crippen LogP contribution in [0.2, 0.25) is 0 Å². The smallest absolute Gasteiger partial charge is 0.115 e. The van der Waals surface area contributed by atoms with Crippen LogP contribution in [0.5, 0.6) is 11.5 Å². The number of hydrogen-bond acceptors (Lipinski definition) is 3. The van der Waals surface area contributed by atoms with Crippen LogP contribution in [0.3, 0.4) is 0 Å². The summed E-state index contributed by atoms with van der Waals surface area (Å²) in [6.45, 7) is 3.02. The summed E-state index contributed by atoms with van der Waals surface area (Å²) in [5.74, 6) is 0.733. The van der Waals surface area contributed by atoms with Gasteiger partial charge < -0.3 is 15.5 Å². The van der Waals surface area contributed by atoms with E-state index in [4.69, 9.17) is 0 Å². The quantitative estimate of drug-likeness (QED) is 0.575. The van der Waals surface area contributed by atoms with E-state index in [0.717, 1.165) is 24.1 Å². The van der Waals surface area contributed by atoms with Gasteiger partial charge in [-0.2, -0.15) is 0 Å². The Morgan fingerprint density at radius 1 is 0.731 bits per heavy atom. The van der Waals surface area contributed by atoms with Crippen LogP contribution < -0.4 is 5.32 Å². The minimum atomic E-state index is 0.189. The van der Waals surface area contributed by atoms with Crippen LogP contribution in [0.25, 0.3) is 0 Å². The van der Waals surface area contributed by atoms with E-state index in [9.17, 15) is 10.2 Å². The van der Waals surface area contributed by atoms with E-state index in [1.54, 1.807) is 24.3 Å². The number of rotatable bonds is 7. The lowest BCUT2D eigenvalue weighted by atomic mass is 9.86. The van der Waals surface area contributed by atoms with Gasteiger partial charge in [0.2, 0.25) is 0 Å². The summed E-state index contributed by atoms with van der Waals surface area (Å²) in [5, 5.41) is 22.8. The second-order valence-corrected chi connectivity index (χ2v) is 6.74.